The molecule has 2 heterocycles. The molecule has 0 aliphatic carbocycles. The Labute approximate surface area is 113 Å². The Balaban J connectivity index is 2.15. The lowest BCUT2D eigenvalue weighted by atomic mass is 9.75. The summed E-state index contributed by atoms with van der Waals surface area (Å²) in [6, 6.07) is 4.46. The van der Waals surface area contributed by atoms with Gasteiger partial charge in [-0.3, -0.25) is 0 Å². The molecule has 1 unspecified atom stereocenters. The molecule has 0 bridgehead atoms. The van der Waals surface area contributed by atoms with Crippen LogP contribution in [0.25, 0.3) is 0 Å². The molecule has 2 aliphatic heterocycles. The standard InChI is InChI=1S/C15H21NOS/c1-11-8-12(17-2)9-13-14(11)18-7-3-4-15(13)5-6-16-10-15/h8-9,16H,3-7,10H2,1-2H3. The lowest BCUT2D eigenvalue weighted by Crippen LogP contribution is -2.29. The molecule has 0 amide bonds. The molecule has 98 valence electrons. The van der Waals surface area contributed by atoms with E-state index in [1.165, 1.54) is 41.0 Å². The highest BCUT2D eigenvalue weighted by atomic mass is 32.2. The number of rotatable bonds is 1. The number of benzene rings is 1. The van der Waals surface area contributed by atoms with Crippen molar-refractivity contribution in [1.29, 1.82) is 0 Å². The van der Waals surface area contributed by atoms with E-state index >= 15 is 0 Å². The topological polar surface area (TPSA) is 21.3 Å². The molecule has 2 nitrogen and oxygen atoms in total. The number of methoxy groups -OCH3 is 1. The average molecular weight is 263 g/mol. The summed E-state index contributed by atoms with van der Waals surface area (Å²) in [7, 11) is 1.77. The van der Waals surface area contributed by atoms with Crippen molar-refractivity contribution in [1.82, 2.24) is 5.32 Å². The van der Waals surface area contributed by atoms with Crippen LogP contribution in [0.2, 0.25) is 0 Å². The lowest BCUT2D eigenvalue weighted by Gasteiger charge is -2.29. The molecule has 0 radical (unpaired) electrons. The van der Waals surface area contributed by atoms with E-state index in [4.69, 9.17) is 4.74 Å². The zero-order valence-corrected chi connectivity index (χ0v) is 12.0. The van der Waals surface area contributed by atoms with Crippen LogP contribution in [0.4, 0.5) is 0 Å². The predicted molar refractivity (Wildman–Crippen MR) is 76.9 cm³/mol. The number of ether oxygens (including phenoxy) is 1. The van der Waals surface area contributed by atoms with Crippen LogP contribution in [0.15, 0.2) is 17.0 Å². The van der Waals surface area contributed by atoms with E-state index in [0.29, 0.717) is 5.41 Å². The normalized spacial score (nSPS) is 27.0. The SMILES string of the molecule is COc1cc(C)c2c(c1)C1(CCCS2)CCNC1. The quantitative estimate of drug-likeness (QED) is 0.841. The molecule has 1 aromatic rings. The molecule has 3 rings (SSSR count). The van der Waals surface area contributed by atoms with E-state index in [1.54, 1.807) is 7.11 Å². The highest BCUT2D eigenvalue weighted by Crippen LogP contribution is 2.46. The van der Waals surface area contributed by atoms with Gasteiger partial charge in [0.25, 0.3) is 0 Å². The predicted octanol–water partition coefficient (Wildman–Crippen LogP) is 3.12. The van der Waals surface area contributed by atoms with E-state index in [9.17, 15) is 0 Å². The molecular weight excluding hydrogens is 242 g/mol. The molecule has 18 heavy (non-hydrogen) atoms. The van der Waals surface area contributed by atoms with Crippen LogP contribution in [-0.2, 0) is 5.41 Å². The van der Waals surface area contributed by atoms with Gasteiger partial charge in [0.2, 0.25) is 0 Å². The van der Waals surface area contributed by atoms with E-state index in [0.717, 1.165) is 18.8 Å². The maximum atomic E-state index is 5.47. The second-order valence-corrected chi connectivity index (χ2v) is 6.59. The van der Waals surface area contributed by atoms with Crippen molar-refractivity contribution in [3.63, 3.8) is 0 Å². The third kappa shape index (κ3) is 1.94. The van der Waals surface area contributed by atoms with Crippen molar-refractivity contribution < 1.29 is 4.74 Å². The molecular formula is C15H21NOS. The van der Waals surface area contributed by atoms with Crippen molar-refractivity contribution in [2.75, 3.05) is 26.0 Å². The Kier molecular flexibility index (Phi) is 3.29. The number of fused-ring (bicyclic) bond motifs is 2. The third-order valence-electron chi connectivity index (χ3n) is 4.34. The third-order valence-corrected chi connectivity index (χ3v) is 5.67. The summed E-state index contributed by atoms with van der Waals surface area (Å²) in [6.45, 7) is 4.50. The first-order chi connectivity index (χ1) is 8.75. The Morgan fingerprint density at radius 2 is 2.22 bits per heavy atom. The number of hydrogen-bond acceptors (Lipinski definition) is 3. The summed E-state index contributed by atoms with van der Waals surface area (Å²) in [5, 5.41) is 3.56. The Morgan fingerprint density at radius 3 is 2.94 bits per heavy atom. The van der Waals surface area contributed by atoms with Crippen LogP contribution < -0.4 is 10.1 Å². The minimum atomic E-state index is 0.359. The summed E-state index contributed by atoms with van der Waals surface area (Å²) in [4.78, 5) is 1.51. The van der Waals surface area contributed by atoms with Gasteiger partial charge in [-0.25, -0.2) is 0 Å². The van der Waals surface area contributed by atoms with Gasteiger partial charge < -0.3 is 10.1 Å². The number of aryl methyl sites for hydroxylation is 1. The van der Waals surface area contributed by atoms with Crippen molar-refractivity contribution in [2.24, 2.45) is 0 Å². The maximum absolute atomic E-state index is 5.47. The average Bonchev–Trinajstić information content (AvgIpc) is 2.77. The van der Waals surface area contributed by atoms with Gasteiger partial charge in [0, 0.05) is 16.9 Å². The zero-order valence-electron chi connectivity index (χ0n) is 11.2. The van der Waals surface area contributed by atoms with Gasteiger partial charge in [0.15, 0.2) is 0 Å². The number of thioether (sulfide) groups is 1. The monoisotopic (exact) mass is 263 g/mol. The molecule has 1 N–H and O–H groups in total. The second kappa shape index (κ2) is 4.78. The molecule has 1 aromatic carbocycles. The van der Waals surface area contributed by atoms with Crippen LogP contribution in [0.1, 0.15) is 30.4 Å². The van der Waals surface area contributed by atoms with Crippen LogP contribution >= 0.6 is 11.8 Å². The van der Waals surface area contributed by atoms with Crippen molar-refractivity contribution >= 4 is 11.8 Å². The van der Waals surface area contributed by atoms with Gasteiger partial charge in [0.05, 0.1) is 7.11 Å². The molecule has 2 aliphatic rings. The van der Waals surface area contributed by atoms with E-state index in [2.05, 4.69) is 24.4 Å². The summed E-state index contributed by atoms with van der Waals surface area (Å²) < 4.78 is 5.47. The molecule has 1 fully saturated rings. The van der Waals surface area contributed by atoms with Gasteiger partial charge in [-0.2, -0.15) is 0 Å². The molecule has 1 atom stereocenters. The smallest absolute Gasteiger partial charge is 0.119 e. The van der Waals surface area contributed by atoms with Crippen molar-refractivity contribution in [2.45, 2.75) is 36.5 Å². The summed E-state index contributed by atoms with van der Waals surface area (Å²) in [6.07, 6.45) is 3.91. The van der Waals surface area contributed by atoms with Gasteiger partial charge in [-0.05, 0) is 61.7 Å². The first-order valence-corrected chi connectivity index (χ1v) is 7.76. The highest BCUT2D eigenvalue weighted by Gasteiger charge is 2.38. The fourth-order valence-corrected chi connectivity index (χ4v) is 4.56. The largest absolute Gasteiger partial charge is 0.497 e. The molecule has 1 saturated heterocycles. The van der Waals surface area contributed by atoms with Crippen molar-refractivity contribution in [3.8, 4) is 5.75 Å². The Hall–Kier alpha value is -0.670. The van der Waals surface area contributed by atoms with Gasteiger partial charge in [-0.15, -0.1) is 11.8 Å². The van der Waals surface area contributed by atoms with Crippen LogP contribution in [0, 0.1) is 6.92 Å². The van der Waals surface area contributed by atoms with Gasteiger partial charge in [0.1, 0.15) is 5.75 Å². The minimum absolute atomic E-state index is 0.359. The summed E-state index contributed by atoms with van der Waals surface area (Å²) in [5.74, 6) is 2.27. The minimum Gasteiger partial charge on any atom is -0.497 e. The van der Waals surface area contributed by atoms with E-state index < -0.39 is 0 Å². The first-order valence-electron chi connectivity index (χ1n) is 6.78. The Morgan fingerprint density at radius 1 is 1.33 bits per heavy atom. The zero-order chi connectivity index (χ0) is 12.6. The molecule has 0 aromatic heterocycles. The van der Waals surface area contributed by atoms with Crippen molar-refractivity contribution in [3.05, 3.63) is 23.3 Å². The Bertz CT molecular complexity index is 452. The second-order valence-electron chi connectivity index (χ2n) is 5.48. The summed E-state index contributed by atoms with van der Waals surface area (Å²) in [5.41, 5.74) is 3.27. The number of nitrogens with one attached hydrogen (secondary N) is 1. The highest BCUT2D eigenvalue weighted by molar-refractivity contribution is 7.99. The van der Waals surface area contributed by atoms with E-state index in [-0.39, 0.29) is 0 Å². The number of hydrogen-bond donors (Lipinski definition) is 1. The molecule has 1 spiro atoms. The van der Waals surface area contributed by atoms with E-state index in [1.807, 2.05) is 11.8 Å². The lowest BCUT2D eigenvalue weighted by molar-refractivity contribution is 0.400. The summed E-state index contributed by atoms with van der Waals surface area (Å²) >= 11 is 2.03. The fourth-order valence-electron chi connectivity index (χ4n) is 3.35. The fraction of sp³-hybridized carbons (Fsp3) is 0.600. The molecule has 0 saturated carbocycles. The first kappa shape index (κ1) is 12.4. The van der Waals surface area contributed by atoms with Crippen LogP contribution in [0.3, 0.4) is 0 Å². The maximum Gasteiger partial charge on any atom is 0.119 e. The van der Waals surface area contributed by atoms with Crippen LogP contribution in [0.5, 0.6) is 5.75 Å². The van der Waals surface area contributed by atoms with Gasteiger partial charge >= 0.3 is 0 Å². The van der Waals surface area contributed by atoms with Gasteiger partial charge in [-0.1, -0.05) is 0 Å². The molecule has 3 heteroatoms. The van der Waals surface area contributed by atoms with Crippen LogP contribution in [-0.4, -0.2) is 26.0 Å².